The fraction of sp³-hybridized carbons (Fsp3) is 0.444. The predicted octanol–water partition coefficient (Wildman–Crippen LogP) is 2.52. The number of aromatic nitrogens is 2. The summed E-state index contributed by atoms with van der Waals surface area (Å²) in [5, 5.41) is 12.9. The number of aliphatic hydroxyl groups is 1. The van der Waals surface area contributed by atoms with E-state index in [1.165, 1.54) is 0 Å². The van der Waals surface area contributed by atoms with Gasteiger partial charge in [-0.3, -0.25) is 4.79 Å². The molecule has 1 fully saturated rings. The van der Waals surface area contributed by atoms with Crippen LogP contribution in [0.25, 0.3) is 5.69 Å². The summed E-state index contributed by atoms with van der Waals surface area (Å²) in [6.07, 6.45) is 5.64. The Balaban J connectivity index is 1.67. The van der Waals surface area contributed by atoms with E-state index in [1.807, 2.05) is 48.9 Å². The zero-order valence-electron chi connectivity index (χ0n) is 13.6. The molecule has 0 aliphatic heterocycles. The minimum atomic E-state index is -0.492. The largest absolute Gasteiger partial charge is 0.392 e. The molecule has 0 bridgehead atoms. The number of aliphatic hydroxyl groups excluding tert-OH is 1. The molecule has 5 heteroatoms. The highest BCUT2D eigenvalue weighted by atomic mass is 16.3. The predicted molar refractivity (Wildman–Crippen MR) is 88.2 cm³/mol. The molecule has 3 rings (SSSR count). The molecule has 23 heavy (non-hydrogen) atoms. The van der Waals surface area contributed by atoms with Gasteiger partial charge in [-0.15, -0.1) is 0 Å². The smallest absolute Gasteiger partial charge is 0.226 e. The van der Waals surface area contributed by atoms with Crippen molar-refractivity contribution in [2.75, 3.05) is 0 Å². The summed E-state index contributed by atoms with van der Waals surface area (Å²) in [5.41, 5.74) is 2.10. The average Bonchev–Trinajstić information content (AvgIpc) is 3.15. The molecule has 122 valence electrons. The molecule has 1 amide bonds. The van der Waals surface area contributed by atoms with E-state index in [0.29, 0.717) is 0 Å². The van der Waals surface area contributed by atoms with E-state index in [0.717, 1.165) is 36.3 Å². The maximum Gasteiger partial charge on any atom is 0.226 e. The third-order valence-corrected chi connectivity index (χ3v) is 4.67. The number of hydrogen-bond acceptors (Lipinski definition) is 3. The number of carbonyl (C=O) groups excluding carboxylic acids is 1. The summed E-state index contributed by atoms with van der Waals surface area (Å²) in [7, 11) is 0. The molecule has 5 nitrogen and oxygen atoms in total. The Morgan fingerprint density at radius 3 is 2.65 bits per heavy atom. The molecule has 3 unspecified atom stereocenters. The van der Waals surface area contributed by atoms with Gasteiger partial charge in [0.2, 0.25) is 5.91 Å². The van der Waals surface area contributed by atoms with E-state index in [4.69, 9.17) is 0 Å². The molecule has 1 aromatic heterocycles. The second-order valence-electron chi connectivity index (χ2n) is 6.27. The Morgan fingerprint density at radius 1 is 1.35 bits per heavy atom. The molecule has 2 aromatic rings. The minimum Gasteiger partial charge on any atom is -0.392 e. The molecule has 3 atom stereocenters. The first-order valence-corrected chi connectivity index (χ1v) is 8.15. The van der Waals surface area contributed by atoms with Crippen LogP contribution in [0, 0.1) is 12.8 Å². The topological polar surface area (TPSA) is 67.2 Å². The molecule has 2 N–H and O–H groups in total. The fourth-order valence-electron chi connectivity index (χ4n) is 3.22. The van der Waals surface area contributed by atoms with Crippen LogP contribution >= 0.6 is 0 Å². The lowest BCUT2D eigenvalue weighted by Gasteiger charge is -2.19. The summed E-state index contributed by atoms with van der Waals surface area (Å²) in [6, 6.07) is 8.01. The average molecular weight is 313 g/mol. The number of hydrogen-bond donors (Lipinski definition) is 2. The second-order valence-corrected chi connectivity index (χ2v) is 6.27. The fourth-order valence-corrected chi connectivity index (χ4v) is 3.22. The summed E-state index contributed by atoms with van der Waals surface area (Å²) in [4.78, 5) is 16.5. The Morgan fingerprint density at radius 2 is 2.09 bits per heavy atom. The Hall–Kier alpha value is -2.14. The molecule has 1 heterocycles. The summed E-state index contributed by atoms with van der Waals surface area (Å²) < 4.78 is 2.02. The molecule has 1 aliphatic rings. The van der Waals surface area contributed by atoms with E-state index < -0.39 is 6.10 Å². The van der Waals surface area contributed by atoms with Gasteiger partial charge in [0.25, 0.3) is 0 Å². The van der Waals surface area contributed by atoms with Gasteiger partial charge in [-0.05, 0) is 50.8 Å². The first-order chi connectivity index (χ1) is 11.1. The Bertz CT molecular complexity index is 678. The molecule has 0 radical (unpaired) electrons. The summed E-state index contributed by atoms with van der Waals surface area (Å²) in [5.74, 6) is 0.636. The van der Waals surface area contributed by atoms with Crippen LogP contribution in [0.2, 0.25) is 0 Å². The zero-order valence-corrected chi connectivity index (χ0v) is 13.6. The van der Waals surface area contributed by atoms with Gasteiger partial charge >= 0.3 is 0 Å². The van der Waals surface area contributed by atoms with Crippen molar-refractivity contribution in [2.45, 2.75) is 45.3 Å². The Labute approximate surface area is 136 Å². The van der Waals surface area contributed by atoms with Gasteiger partial charge in [0, 0.05) is 18.1 Å². The first kappa shape index (κ1) is 15.7. The van der Waals surface area contributed by atoms with Gasteiger partial charge in [0.05, 0.1) is 18.1 Å². The van der Waals surface area contributed by atoms with Gasteiger partial charge in [-0.2, -0.15) is 0 Å². The number of nitrogens with one attached hydrogen (secondary N) is 1. The van der Waals surface area contributed by atoms with Crippen molar-refractivity contribution in [1.29, 1.82) is 0 Å². The highest BCUT2D eigenvalue weighted by Crippen LogP contribution is 2.26. The second kappa shape index (κ2) is 6.54. The highest BCUT2D eigenvalue weighted by molar-refractivity contribution is 5.80. The summed E-state index contributed by atoms with van der Waals surface area (Å²) in [6.45, 7) is 3.93. The zero-order chi connectivity index (χ0) is 16.4. The quantitative estimate of drug-likeness (QED) is 0.911. The van der Waals surface area contributed by atoms with Gasteiger partial charge < -0.3 is 15.0 Å². The lowest BCUT2D eigenvalue weighted by molar-refractivity contribution is -0.128. The van der Waals surface area contributed by atoms with Crippen LogP contribution in [-0.2, 0) is 4.79 Å². The standard InChI is InChI=1S/C18H23N3O2/c1-12(20-18(23)16-4-3-5-17(16)22)14-6-8-15(9-7-14)21-11-10-19-13(21)2/h6-12,16-17,22H,3-5H2,1-2H3,(H,20,23). The van der Waals surface area contributed by atoms with Crippen LogP contribution in [0.15, 0.2) is 36.7 Å². The van der Waals surface area contributed by atoms with Gasteiger partial charge in [-0.25, -0.2) is 4.98 Å². The first-order valence-electron chi connectivity index (χ1n) is 8.15. The minimum absolute atomic E-state index is 0.0444. The molecular weight excluding hydrogens is 290 g/mol. The lowest BCUT2D eigenvalue weighted by atomic mass is 10.0. The molecule has 1 aliphatic carbocycles. The van der Waals surface area contributed by atoms with Crippen LogP contribution in [-0.4, -0.2) is 26.7 Å². The molecule has 1 aromatic carbocycles. The van der Waals surface area contributed by atoms with Crippen molar-refractivity contribution in [3.63, 3.8) is 0 Å². The van der Waals surface area contributed by atoms with Crippen molar-refractivity contribution in [3.05, 3.63) is 48.0 Å². The van der Waals surface area contributed by atoms with E-state index >= 15 is 0 Å². The number of rotatable bonds is 4. The molecule has 0 saturated heterocycles. The SMILES string of the molecule is Cc1nccn1-c1ccc(C(C)NC(=O)C2CCCC2O)cc1. The highest BCUT2D eigenvalue weighted by Gasteiger charge is 2.31. The van der Waals surface area contributed by atoms with E-state index in [2.05, 4.69) is 10.3 Å². The van der Waals surface area contributed by atoms with Crippen LogP contribution in [0.1, 0.15) is 43.6 Å². The van der Waals surface area contributed by atoms with E-state index in [9.17, 15) is 9.90 Å². The maximum absolute atomic E-state index is 12.3. The van der Waals surface area contributed by atoms with Crippen LogP contribution in [0.5, 0.6) is 0 Å². The summed E-state index contributed by atoms with van der Waals surface area (Å²) >= 11 is 0. The van der Waals surface area contributed by atoms with Gasteiger partial charge in [0.1, 0.15) is 5.82 Å². The van der Waals surface area contributed by atoms with Crippen molar-refractivity contribution in [2.24, 2.45) is 5.92 Å². The third kappa shape index (κ3) is 3.29. The number of carbonyl (C=O) groups is 1. The maximum atomic E-state index is 12.3. The van der Waals surface area contributed by atoms with Gasteiger partial charge in [0.15, 0.2) is 0 Å². The van der Waals surface area contributed by atoms with Crippen molar-refractivity contribution in [1.82, 2.24) is 14.9 Å². The lowest BCUT2D eigenvalue weighted by Crippen LogP contribution is -2.36. The number of amides is 1. The normalized spacial score (nSPS) is 22.0. The van der Waals surface area contributed by atoms with Crippen molar-refractivity contribution < 1.29 is 9.90 Å². The van der Waals surface area contributed by atoms with Crippen LogP contribution in [0.4, 0.5) is 0 Å². The number of aryl methyl sites for hydroxylation is 1. The number of nitrogens with zero attached hydrogens (tertiary/aromatic N) is 2. The number of imidazole rings is 1. The molecule has 0 spiro atoms. The van der Waals surface area contributed by atoms with Gasteiger partial charge in [-0.1, -0.05) is 12.1 Å². The van der Waals surface area contributed by atoms with Crippen molar-refractivity contribution in [3.8, 4) is 5.69 Å². The third-order valence-electron chi connectivity index (χ3n) is 4.67. The molecular formula is C18H23N3O2. The monoisotopic (exact) mass is 313 g/mol. The van der Waals surface area contributed by atoms with Crippen molar-refractivity contribution >= 4 is 5.91 Å². The van der Waals surface area contributed by atoms with E-state index in [1.54, 1.807) is 6.20 Å². The number of benzene rings is 1. The van der Waals surface area contributed by atoms with Crippen LogP contribution in [0.3, 0.4) is 0 Å². The molecule has 1 saturated carbocycles. The van der Waals surface area contributed by atoms with E-state index in [-0.39, 0.29) is 17.9 Å². The Kier molecular flexibility index (Phi) is 4.48. The van der Waals surface area contributed by atoms with Crippen LogP contribution < -0.4 is 5.32 Å².